The van der Waals surface area contributed by atoms with Gasteiger partial charge in [0.25, 0.3) is 0 Å². The van der Waals surface area contributed by atoms with Crippen molar-refractivity contribution in [2.24, 2.45) is 11.7 Å². The molecule has 5 heteroatoms. The molecule has 1 aromatic rings. The summed E-state index contributed by atoms with van der Waals surface area (Å²) in [6, 6.07) is 4.70. The Morgan fingerprint density at radius 3 is 2.56 bits per heavy atom. The van der Waals surface area contributed by atoms with E-state index in [1.165, 1.54) is 18.9 Å². The van der Waals surface area contributed by atoms with Gasteiger partial charge in [-0.2, -0.15) is 0 Å². The molecule has 0 spiro atoms. The Morgan fingerprint density at radius 1 is 1.17 bits per heavy atom. The van der Waals surface area contributed by atoms with Crippen molar-refractivity contribution in [3.8, 4) is 11.5 Å². The molecule has 3 nitrogen and oxygen atoms in total. The lowest BCUT2D eigenvalue weighted by Gasteiger charge is -2.19. The highest BCUT2D eigenvalue weighted by atomic mass is 19.3. The summed E-state index contributed by atoms with van der Waals surface area (Å²) in [7, 11) is 0. The number of nitrogens with two attached hydrogens (primary N) is 1. The first-order valence-electron chi connectivity index (χ1n) is 6.20. The van der Waals surface area contributed by atoms with Crippen LogP contribution in [-0.2, 0) is 0 Å². The molecule has 98 valence electrons. The van der Waals surface area contributed by atoms with Gasteiger partial charge < -0.3 is 15.2 Å². The third-order valence-electron chi connectivity index (χ3n) is 3.72. The predicted molar refractivity (Wildman–Crippen MR) is 61.5 cm³/mol. The van der Waals surface area contributed by atoms with Gasteiger partial charge in [-0.05, 0) is 36.5 Å². The summed E-state index contributed by atoms with van der Waals surface area (Å²) in [5.74, 6) is 0.583. The van der Waals surface area contributed by atoms with E-state index >= 15 is 0 Å². The van der Waals surface area contributed by atoms with Gasteiger partial charge in [-0.3, -0.25) is 0 Å². The average Bonchev–Trinajstić information content (AvgIpc) is 2.91. The van der Waals surface area contributed by atoms with E-state index in [9.17, 15) is 8.78 Å². The average molecular weight is 255 g/mol. The standard InChI is InChI=1S/C13H15F2NO2/c14-13(15)17-10-6-5-9(7-11(10)18-13)12(16)8-3-1-2-4-8/h5-8,12H,1-4,16H2/t12-/m0/s1. The van der Waals surface area contributed by atoms with Crippen molar-refractivity contribution in [2.75, 3.05) is 0 Å². The first-order valence-corrected chi connectivity index (χ1v) is 6.20. The van der Waals surface area contributed by atoms with Crippen LogP contribution in [0.1, 0.15) is 37.3 Å². The molecule has 18 heavy (non-hydrogen) atoms. The van der Waals surface area contributed by atoms with E-state index in [1.54, 1.807) is 12.1 Å². The summed E-state index contributed by atoms with van der Waals surface area (Å²) in [6.07, 6.45) is 1.04. The van der Waals surface area contributed by atoms with Gasteiger partial charge >= 0.3 is 6.29 Å². The molecular formula is C13H15F2NO2. The first kappa shape index (κ1) is 11.7. The van der Waals surface area contributed by atoms with Crippen molar-refractivity contribution in [2.45, 2.75) is 38.0 Å². The molecule has 0 bridgehead atoms. The van der Waals surface area contributed by atoms with Gasteiger partial charge in [0.1, 0.15) is 0 Å². The molecule has 0 unspecified atom stereocenters. The van der Waals surface area contributed by atoms with E-state index in [2.05, 4.69) is 9.47 Å². The van der Waals surface area contributed by atoms with Gasteiger partial charge in [0.05, 0.1) is 0 Å². The highest BCUT2D eigenvalue weighted by Gasteiger charge is 2.43. The summed E-state index contributed by atoms with van der Waals surface area (Å²) in [5.41, 5.74) is 7.01. The zero-order valence-electron chi connectivity index (χ0n) is 9.86. The lowest BCUT2D eigenvalue weighted by molar-refractivity contribution is -0.286. The fraction of sp³-hybridized carbons (Fsp3) is 0.538. The maximum Gasteiger partial charge on any atom is 0.586 e. The largest absolute Gasteiger partial charge is 0.586 e. The molecule has 1 aliphatic heterocycles. The number of benzene rings is 1. The van der Waals surface area contributed by atoms with Crippen LogP contribution in [0.5, 0.6) is 11.5 Å². The number of hydrogen-bond acceptors (Lipinski definition) is 3. The maximum atomic E-state index is 12.9. The minimum absolute atomic E-state index is 0.0716. The highest BCUT2D eigenvalue weighted by Crippen LogP contribution is 2.43. The molecular weight excluding hydrogens is 240 g/mol. The third kappa shape index (κ3) is 2.03. The molecule has 1 aliphatic carbocycles. The minimum atomic E-state index is -3.56. The molecule has 1 aromatic carbocycles. The molecule has 2 aliphatic rings. The Kier molecular flexibility index (Phi) is 2.66. The molecule has 1 saturated carbocycles. The lowest BCUT2D eigenvalue weighted by atomic mass is 9.92. The van der Waals surface area contributed by atoms with Crippen LogP contribution in [0, 0.1) is 5.92 Å². The van der Waals surface area contributed by atoms with Crippen LogP contribution in [0.2, 0.25) is 0 Å². The van der Waals surface area contributed by atoms with Gasteiger partial charge in [-0.15, -0.1) is 8.78 Å². The zero-order valence-corrected chi connectivity index (χ0v) is 9.86. The van der Waals surface area contributed by atoms with E-state index in [1.807, 2.05) is 0 Å². The number of hydrogen-bond donors (Lipinski definition) is 1. The molecule has 3 rings (SSSR count). The zero-order chi connectivity index (χ0) is 12.8. The van der Waals surface area contributed by atoms with Crippen LogP contribution < -0.4 is 15.2 Å². The van der Waals surface area contributed by atoms with Gasteiger partial charge in [0.15, 0.2) is 11.5 Å². The molecule has 0 saturated heterocycles. The normalized spacial score (nSPS) is 23.3. The molecule has 1 heterocycles. The van der Waals surface area contributed by atoms with Crippen LogP contribution in [0.3, 0.4) is 0 Å². The number of alkyl halides is 2. The van der Waals surface area contributed by atoms with Crippen molar-refractivity contribution in [1.82, 2.24) is 0 Å². The van der Waals surface area contributed by atoms with Crippen LogP contribution in [-0.4, -0.2) is 6.29 Å². The van der Waals surface area contributed by atoms with Crippen molar-refractivity contribution in [1.29, 1.82) is 0 Å². The van der Waals surface area contributed by atoms with E-state index in [4.69, 9.17) is 5.73 Å². The number of fused-ring (bicyclic) bond motifs is 1. The second-order valence-corrected chi connectivity index (χ2v) is 4.94. The smallest absolute Gasteiger partial charge is 0.395 e. The topological polar surface area (TPSA) is 44.5 Å². The van der Waals surface area contributed by atoms with Crippen molar-refractivity contribution in [3.63, 3.8) is 0 Å². The minimum Gasteiger partial charge on any atom is -0.395 e. The molecule has 0 amide bonds. The Bertz CT molecular complexity index is 458. The number of ether oxygens (including phenoxy) is 2. The fourth-order valence-corrected chi connectivity index (χ4v) is 2.76. The lowest BCUT2D eigenvalue weighted by Crippen LogP contribution is -2.26. The second-order valence-electron chi connectivity index (χ2n) is 4.94. The second kappa shape index (κ2) is 4.09. The molecule has 0 aromatic heterocycles. The number of halogens is 2. The van der Waals surface area contributed by atoms with Crippen LogP contribution >= 0.6 is 0 Å². The molecule has 0 radical (unpaired) electrons. The summed E-state index contributed by atoms with van der Waals surface area (Å²) >= 11 is 0. The summed E-state index contributed by atoms with van der Waals surface area (Å²) < 4.78 is 34.6. The summed E-state index contributed by atoms with van der Waals surface area (Å²) in [6.45, 7) is 0. The Hall–Kier alpha value is -1.36. The highest BCUT2D eigenvalue weighted by molar-refractivity contribution is 5.46. The first-order chi connectivity index (χ1) is 8.55. The van der Waals surface area contributed by atoms with E-state index in [0.29, 0.717) is 5.92 Å². The monoisotopic (exact) mass is 255 g/mol. The quantitative estimate of drug-likeness (QED) is 0.882. The van der Waals surface area contributed by atoms with Crippen LogP contribution in [0.15, 0.2) is 18.2 Å². The van der Waals surface area contributed by atoms with E-state index in [-0.39, 0.29) is 17.5 Å². The predicted octanol–water partition coefficient (Wildman–Crippen LogP) is 3.20. The molecule has 1 fully saturated rings. The third-order valence-corrected chi connectivity index (χ3v) is 3.72. The van der Waals surface area contributed by atoms with Crippen molar-refractivity contribution >= 4 is 0 Å². The molecule has 2 N–H and O–H groups in total. The molecule has 1 atom stereocenters. The summed E-state index contributed by atoms with van der Waals surface area (Å²) in [4.78, 5) is 0. The Balaban J connectivity index is 1.83. The maximum absolute atomic E-state index is 12.9. The Labute approximate surface area is 104 Å². The van der Waals surface area contributed by atoms with E-state index in [0.717, 1.165) is 18.4 Å². The van der Waals surface area contributed by atoms with Gasteiger partial charge in [0.2, 0.25) is 0 Å². The van der Waals surface area contributed by atoms with E-state index < -0.39 is 6.29 Å². The van der Waals surface area contributed by atoms with Crippen LogP contribution in [0.25, 0.3) is 0 Å². The van der Waals surface area contributed by atoms with Gasteiger partial charge in [0, 0.05) is 6.04 Å². The number of rotatable bonds is 2. The van der Waals surface area contributed by atoms with Crippen molar-refractivity contribution in [3.05, 3.63) is 23.8 Å². The SMILES string of the molecule is N[C@H](c1ccc2c(c1)OC(F)(F)O2)C1CCCC1. The van der Waals surface area contributed by atoms with Gasteiger partial charge in [-0.25, -0.2) is 0 Å². The van der Waals surface area contributed by atoms with Crippen LogP contribution in [0.4, 0.5) is 8.78 Å². The van der Waals surface area contributed by atoms with Gasteiger partial charge in [-0.1, -0.05) is 18.9 Å². The Morgan fingerprint density at radius 2 is 1.83 bits per heavy atom. The summed E-state index contributed by atoms with van der Waals surface area (Å²) in [5, 5.41) is 0. The van der Waals surface area contributed by atoms with Crippen molar-refractivity contribution < 1.29 is 18.3 Å². The fourth-order valence-electron chi connectivity index (χ4n) is 2.76.